The number of methoxy groups -OCH3 is 1. The minimum absolute atomic E-state index is 0.223. The fraction of sp³-hybridized carbons (Fsp3) is 0.433. The van der Waals surface area contributed by atoms with Crippen molar-refractivity contribution in [3.8, 4) is 0 Å². The third kappa shape index (κ3) is 7.84. The van der Waals surface area contributed by atoms with Crippen molar-refractivity contribution in [1.29, 1.82) is 0 Å². The Morgan fingerprint density at radius 3 is 2.10 bits per heavy atom. The molecule has 1 aliphatic heterocycles. The first kappa shape index (κ1) is 31.1. The lowest BCUT2D eigenvalue weighted by molar-refractivity contribution is -0.152. The van der Waals surface area contributed by atoms with Crippen LogP contribution in [0.2, 0.25) is 0 Å². The van der Waals surface area contributed by atoms with Crippen LogP contribution >= 0.6 is 0 Å². The molecule has 0 spiro atoms. The molecular weight excluding hydrogens is 530 g/mol. The van der Waals surface area contributed by atoms with E-state index >= 15 is 0 Å². The molecule has 41 heavy (non-hydrogen) atoms. The maximum atomic E-state index is 13.1. The van der Waals surface area contributed by atoms with Crippen LogP contribution in [0.1, 0.15) is 62.5 Å². The second-order valence-corrected chi connectivity index (χ2v) is 10.3. The van der Waals surface area contributed by atoms with Gasteiger partial charge in [-0.25, -0.2) is 9.59 Å². The number of hydrogen-bond donors (Lipinski definition) is 4. The predicted molar refractivity (Wildman–Crippen MR) is 150 cm³/mol. The Kier molecular flexibility index (Phi) is 10.5. The van der Waals surface area contributed by atoms with Gasteiger partial charge in [0.05, 0.1) is 18.9 Å². The Hall–Kier alpha value is -4.41. The van der Waals surface area contributed by atoms with Crippen LogP contribution in [0.3, 0.4) is 0 Å². The molecule has 2 aromatic rings. The van der Waals surface area contributed by atoms with E-state index in [1.165, 1.54) is 7.11 Å². The van der Waals surface area contributed by atoms with E-state index in [0.717, 1.165) is 11.3 Å². The normalized spacial score (nSPS) is 16.5. The molecule has 0 aromatic heterocycles. The summed E-state index contributed by atoms with van der Waals surface area (Å²) in [5.41, 5.74) is 1.13. The van der Waals surface area contributed by atoms with Gasteiger partial charge in [-0.15, -0.1) is 0 Å². The number of nitrogens with one attached hydrogen (secondary N) is 2. The molecule has 0 aliphatic carbocycles. The van der Waals surface area contributed by atoms with Crippen molar-refractivity contribution in [2.45, 2.75) is 62.9 Å². The van der Waals surface area contributed by atoms with Gasteiger partial charge >= 0.3 is 17.9 Å². The van der Waals surface area contributed by atoms with Crippen molar-refractivity contribution in [3.63, 3.8) is 0 Å². The number of carboxylic acid groups (broad SMARTS) is 2. The van der Waals surface area contributed by atoms with E-state index in [1.54, 1.807) is 26.0 Å². The Morgan fingerprint density at radius 1 is 0.902 bits per heavy atom. The molecule has 0 bridgehead atoms. The second kappa shape index (κ2) is 13.8. The average molecular weight is 568 g/mol. The van der Waals surface area contributed by atoms with Crippen LogP contribution in [-0.2, 0) is 28.7 Å². The van der Waals surface area contributed by atoms with E-state index in [-0.39, 0.29) is 18.7 Å². The lowest BCUT2D eigenvalue weighted by atomic mass is 9.85. The molecule has 0 saturated carbocycles. The largest absolute Gasteiger partial charge is 0.481 e. The summed E-state index contributed by atoms with van der Waals surface area (Å²) in [6, 6.07) is 15.3. The molecule has 3 rings (SSSR count). The van der Waals surface area contributed by atoms with Crippen molar-refractivity contribution in [3.05, 3.63) is 65.7 Å². The first-order chi connectivity index (χ1) is 19.5. The summed E-state index contributed by atoms with van der Waals surface area (Å²) in [5.74, 6) is -4.88. The molecule has 2 amide bonds. The van der Waals surface area contributed by atoms with E-state index < -0.39 is 47.2 Å². The predicted octanol–water partition coefficient (Wildman–Crippen LogP) is 2.66. The van der Waals surface area contributed by atoms with Crippen LogP contribution < -0.4 is 15.5 Å². The molecule has 4 N–H and O–H groups in total. The summed E-state index contributed by atoms with van der Waals surface area (Å²) in [7, 11) is 1.30. The molecule has 2 unspecified atom stereocenters. The fourth-order valence-corrected chi connectivity index (χ4v) is 4.92. The monoisotopic (exact) mass is 567 g/mol. The number of ether oxygens (including phenoxy) is 1. The highest BCUT2D eigenvalue weighted by Crippen LogP contribution is 2.30. The number of piperidine rings is 1. The van der Waals surface area contributed by atoms with Crippen molar-refractivity contribution in [1.82, 2.24) is 10.6 Å². The molecule has 2 aromatic carbocycles. The van der Waals surface area contributed by atoms with E-state index in [4.69, 9.17) is 9.84 Å². The Bertz CT molecular complexity index is 1260. The molecular formula is C30H37N3O8. The summed E-state index contributed by atoms with van der Waals surface area (Å²) < 4.78 is 5.09. The van der Waals surface area contributed by atoms with Gasteiger partial charge in [0.25, 0.3) is 0 Å². The molecule has 11 heteroatoms. The van der Waals surface area contributed by atoms with Gasteiger partial charge < -0.3 is 30.5 Å². The standard InChI is InChI=1S/C30H37N3O8/c1-19(21-8-5-4-6-9-21)27(37)32-30(29(40)41-3)14-16-33(17-15-30)23-11-7-10-22(18-23)20(2)26(36)31-24(28(38)39)12-13-25(34)35/h4-11,18-20,24H,12-17H2,1-3H3,(H,31,36)(H,32,37)(H,34,35)(H,38,39)/t19?,20?,24-/m0/s1. The van der Waals surface area contributed by atoms with Gasteiger partial charge in [0.2, 0.25) is 11.8 Å². The zero-order valence-corrected chi connectivity index (χ0v) is 23.5. The van der Waals surface area contributed by atoms with E-state index in [9.17, 15) is 29.1 Å². The molecule has 11 nitrogen and oxygen atoms in total. The van der Waals surface area contributed by atoms with Crippen molar-refractivity contribution in [2.75, 3.05) is 25.1 Å². The Balaban J connectivity index is 1.69. The number of nitrogens with zero attached hydrogens (tertiary/aromatic N) is 1. The van der Waals surface area contributed by atoms with Crippen LogP contribution in [0.25, 0.3) is 0 Å². The first-order valence-corrected chi connectivity index (χ1v) is 13.5. The van der Waals surface area contributed by atoms with Crippen molar-refractivity contribution < 1.29 is 38.9 Å². The minimum atomic E-state index is -1.31. The molecule has 1 saturated heterocycles. The van der Waals surface area contributed by atoms with E-state index in [1.807, 2.05) is 42.5 Å². The smallest absolute Gasteiger partial charge is 0.331 e. The zero-order valence-electron chi connectivity index (χ0n) is 23.5. The highest BCUT2D eigenvalue weighted by Gasteiger charge is 2.44. The van der Waals surface area contributed by atoms with Gasteiger partial charge in [0.1, 0.15) is 11.6 Å². The maximum Gasteiger partial charge on any atom is 0.331 e. The summed E-state index contributed by atoms with van der Waals surface area (Å²) in [6.45, 7) is 4.32. The van der Waals surface area contributed by atoms with Gasteiger partial charge in [-0.3, -0.25) is 14.4 Å². The highest BCUT2D eigenvalue weighted by molar-refractivity contribution is 5.91. The van der Waals surface area contributed by atoms with Crippen LogP contribution in [0.4, 0.5) is 5.69 Å². The number of rotatable bonds is 12. The number of benzene rings is 2. The average Bonchev–Trinajstić information content (AvgIpc) is 2.98. The zero-order chi connectivity index (χ0) is 30.2. The fourth-order valence-electron chi connectivity index (χ4n) is 4.92. The lowest BCUT2D eigenvalue weighted by Gasteiger charge is -2.41. The SMILES string of the molecule is COC(=O)C1(NC(=O)C(C)c2ccccc2)CCN(c2cccc(C(C)C(=O)N[C@@H](CCC(=O)O)C(=O)O)c2)CC1. The molecule has 220 valence electrons. The molecule has 1 fully saturated rings. The molecule has 0 radical (unpaired) electrons. The number of aliphatic carboxylic acids is 2. The number of hydrogen-bond acceptors (Lipinski definition) is 7. The van der Waals surface area contributed by atoms with Crippen LogP contribution in [0.15, 0.2) is 54.6 Å². The number of carbonyl (C=O) groups excluding carboxylic acids is 3. The molecule has 1 heterocycles. The third-order valence-electron chi connectivity index (χ3n) is 7.64. The number of carboxylic acids is 2. The topological polar surface area (TPSA) is 162 Å². The Labute approximate surface area is 238 Å². The van der Waals surface area contributed by atoms with Gasteiger partial charge in [-0.1, -0.05) is 42.5 Å². The molecule has 1 aliphatic rings. The first-order valence-electron chi connectivity index (χ1n) is 13.5. The number of carbonyl (C=O) groups is 5. The van der Waals surface area contributed by atoms with Crippen molar-refractivity contribution >= 4 is 35.4 Å². The van der Waals surface area contributed by atoms with E-state index in [0.29, 0.717) is 31.5 Å². The van der Waals surface area contributed by atoms with Gasteiger partial charge in [-0.2, -0.15) is 0 Å². The van der Waals surface area contributed by atoms with Crippen LogP contribution in [0.5, 0.6) is 0 Å². The van der Waals surface area contributed by atoms with E-state index in [2.05, 4.69) is 15.5 Å². The number of amides is 2. The van der Waals surface area contributed by atoms with Gasteiger partial charge in [0.15, 0.2) is 0 Å². The quantitative estimate of drug-likeness (QED) is 0.283. The van der Waals surface area contributed by atoms with Crippen molar-refractivity contribution in [2.24, 2.45) is 0 Å². The summed E-state index contributed by atoms with van der Waals surface area (Å²) in [5, 5.41) is 23.6. The van der Waals surface area contributed by atoms with Crippen LogP contribution in [-0.4, -0.2) is 71.7 Å². The second-order valence-electron chi connectivity index (χ2n) is 10.3. The Morgan fingerprint density at radius 2 is 1.51 bits per heavy atom. The van der Waals surface area contributed by atoms with Crippen LogP contribution in [0, 0.1) is 0 Å². The van der Waals surface area contributed by atoms with Gasteiger partial charge in [-0.05, 0) is 56.4 Å². The molecule has 3 atom stereocenters. The summed E-state index contributed by atoms with van der Waals surface area (Å²) in [6.07, 6.45) is 0.0302. The minimum Gasteiger partial charge on any atom is -0.481 e. The maximum absolute atomic E-state index is 13.1. The third-order valence-corrected chi connectivity index (χ3v) is 7.64. The lowest BCUT2D eigenvalue weighted by Crippen LogP contribution is -2.61. The summed E-state index contributed by atoms with van der Waals surface area (Å²) >= 11 is 0. The highest BCUT2D eigenvalue weighted by atomic mass is 16.5. The number of esters is 1. The number of anilines is 1. The summed E-state index contributed by atoms with van der Waals surface area (Å²) in [4.78, 5) is 63.2. The van der Waals surface area contributed by atoms with Gasteiger partial charge in [0, 0.05) is 25.2 Å².